The minimum Gasteiger partial charge on any atom is -0.493 e. The van der Waals surface area contributed by atoms with Crippen molar-refractivity contribution >= 4 is 11.1 Å². The molecule has 0 atom stereocenters. The predicted molar refractivity (Wildman–Crippen MR) is 111 cm³/mol. The molecule has 0 unspecified atom stereocenters. The summed E-state index contributed by atoms with van der Waals surface area (Å²) in [5.74, 6) is 3.61. The van der Waals surface area contributed by atoms with Crippen LogP contribution in [-0.4, -0.2) is 40.9 Å². The second kappa shape index (κ2) is 8.03. The Hall–Kier alpha value is -3.59. The van der Waals surface area contributed by atoms with Crippen LogP contribution in [0.15, 0.2) is 30.5 Å². The van der Waals surface area contributed by atoms with Crippen LogP contribution in [0, 0.1) is 6.92 Å². The fraction of sp³-hybridized carbons (Fsp3) is 0.286. The van der Waals surface area contributed by atoms with Gasteiger partial charge in [-0.25, -0.2) is 9.50 Å². The Balaban J connectivity index is 1.85. The summed E-state index contributed by atoms with van der Waals surface area (Å²) in [5.41, 5.74) is 5.98. The number of hydrogen-bond donors (Lipinski definition) is 1. The molecule has 2 bridgehead atoms. The molecule has 3 heterocycles. The van der Waals surface area contributed by atoms with Crippen molar-refractivity contribution < 1.29 is 19.0 Å². The quantitative estimate of drug-likeness (QED) is 0.383. The molecule has 156 valence electrons. The molecule has 0 radical (unpaired) electrons. The van der Waals surface area contributed by atoms with Crippen molar-refractivity contribution in [1.82, 2.24) is 25.1 Å². The Labute approximate surface area is 173 Å². The van der Waals surface area contributed by atoms with Gasteiger partial charge in [0.25, 0.3) is 0 Å². The van der Waals surface area contributed by atoms with Crippen molar-refractivity contribution in [2.45, 2.75) is 20.3 Å². The average molecular weight is 409 g/mol. The number of allylic oxidation sites excluding steroid dienone is 3. The molecule has 1 aliphatic rings. The molecular formula is C21H23N5O4. The summed E-state index contributed by atoms with van der Waals surface area (Å²) >= 11 is 0. The van der Waals surface area contributed by atoms with E-state index in [9.17, 15) is 0 Å². The number of aryl methyl sites for hydroxylation is 1. The van der Waals surface area contributed by atoms with E-state index in [2.05, 4.69) is 15.6 Å². The molecule has 1 aliphatic heterocycles. The third-order valence-electron chi connectivity index (χ3n) is 4.78. The summed E-state index contributed by atoms with van der Waals surface area (Å²) < 4.78 is 19.0. The Morgan fingerprint density at radius 2 is 2.03 bits per heavy atom. The van der Waals surface area contributed by atoms with Gasteiger partial charge in [0, 0.05) is 24.3 Å². The van der Waals surface area contributed by atoms with E-state index in [4.69, 9.17) is 24.0 Å². The lowest BCUT2D eigenvalue weighted by atomic mass is 10.1. The molecular weight excluding hydrogens is 386 g/mol. The number of ether oxygens (including phenoxy) is 3. The van der Waals surface area contributed by atoms with Crippen molar-refractivity contribution in [1.29, 1.82) is 0 Å². The summed E-state index contributed by atoms with van der Waals surface area (Å²) in [6.45, 7) is 3.83. The van der Waals surface area contributed by atoms with Gasteiger partial charge >= 0.3 is 0 Å². The molecule has 0 amide bonds. The van der Waals surface area contributed by atoms with E-state index in [0.29, 0.717) is 35.4 Å². The van der Waals surface area contributed by atoms with Gasteiger partial charge in [-0.3, -0.25) is 10.3 Å². The summed E-state index contributed by atoms with van der Waals surface area (Å²) in [6.07, 6.45) is 5.90. The molecule has 9 heteroatoms. The van der Waals surface area contributed by atoms with Gasteiger partial charge in [0.1, 0.15) is 11.6 Å². The maximum absolute atomic E-state index is 6.18. The molecule has 2 aromatic heterocycles. The Bertz CT molecular complexity index is 1170. The lowest BCUT2D eigenvalue weighted by Gasteiger charge is -2.18. The monoisotopic (exact) mass is 409 g/mol. The van der Waals surface area contributed by atoms with Gasteiger partial charge in [0.15, 0.2) is 22.8 Å². The first kappa shape index (κ1) is 19.7. The van der Waals surface area contributed by atoms with Gasteiger partial charge < -0.3 is 14.2 Å². The SMILES string of the molecule is CON/C=C\C=C(/C)c1nc2c3c(nc(C)n3n1)Cc1cc(cc(OC)c1OC)O2. The first-order valence-corrected chi connectivity index (χ1v) is 9.37. The van der Waals surface area contributed by atoms with E-state index in [1.165, 1.54) is 0 Å². The van der Waals surface area contributed by atoms with Crippen molar-refractivity contribution in [3.05, 3.63) is 53.4 Å². The third-order valence-corrected chi connectivity index (χ3v) is 4.78. The predicted octanol–water partition coefficient (Wildman–Crippen LogP) is 3.21. The lowest BCUT2D eigenvalue weighted by Crippen LogP contribution is -2.07. The van der Waals surface area contributed by atoms with Crippen LogP contribution in [-0.2, 0) is 11.3 Å². The zero-order chi connectivity index (χ0) is 21.3. The molecule has 30 heavy (non-hydrogen) atoms. The lowest BCUT2D eigenvalue weighted by molar-refractivity contribution is 0.128. The number of fused-ring (bicyclic) bond motifs is 2. The van der Waals surface area contributed by atoms with Crippen LogP contribution in [0.5, 0.6) is 23.1 Å². The van der Waals surface area contributed by atoms with Gasteiger partial charge in [0.05, 0.1) is 27.0 Å². The number of hydrogen-bond acceptors (Lipinski definition) is 8. The van der Waals surface area contributed by atoms with Crippen LogP contribution in [0.4, 0.5) is 0 Å². The van der Waals surface area contributed by atoms with Crippen LogP contribution in [0.25, 0.3) is 11.1 Å². The molecule has 0 fully saturated rings. The average Bonchev–Trinajstić information content (AvgIpc) is 3.05. The summed E-state index contributed by atoms with van der Waals surface area (Å²) in [6, 6.07) is 3.71. The smallest absolute Gasteiger partial charge is 0.249 e. The van der Waals surface area contributed by atoms with Gasteiger partial charge in [-0.15, -0.1) is 5.10 Å². The number of nitrogens with zero attached hydrogens (tertiary/aromatic N) is 4. The number of nitrogens with one attached hydrogen (secondary N) is 1. The molecule has 4 rings (SSSR count). The minimum absolute atomic E-state index is 0.445. The Kier molecular flexibility index (Phi) is 5.28. The maximum atomic E-state index is 6.18. The normalized spacial score (nSPS) is 13.2. The Morgan fingerprint density at radius 1 is 1.20 bits per heavy atom. The standard InChI is InChI=1S/C21H23N5O4/c1-12(7-6-8-22-29-5)20-24-21-18-16(23-13(2)26(18)25-20)10-14-9-15(30-21)11-17(27-3)19(14)28-4/h6-9,11,22H,10H2,1-5H3/b8-6-,12-7+. The minimum atomic E-state index is 0.445. The van der Waals surface area contributed by atoms with Crippen molar-refractivity contribution in [3.63, 3.8) is 0 Å². The summed E-state index contributed by atoms with van der Waals surface area (Å²) in [7, 11) is 4.77. The zero-order valence-corrected chi connectivity index (χ0v) is 17.5. The molecule has 1 N–H and O–H groups in total. The second-order valence-electron chi connectivity index (χ2n) is 6.73. The van der Waals surface area contributed by atoms with Crippen LogP contribution in [0.1, 0.15) is 29.8 Å². The molecule has 0 aliphatic carbocycles. The van der Waals surface area contributed by atoms with E-state index < -0.39 is 0 Å². The van der Waals surface area contributed by atoms with Crippen molar-refractivity contribution in [2.75, 3.05) is 21.3 Å². The highest BCUT2D eigenvalue weighted by Gasteiger charge is 2.25. The highest BCUT2D eigenvalue weighted by atomic mass is 16.6. The first-order chi connectivity index (χ1) is 14.5. The number of imidazole rings is 1. The fourth-order valence-corrected chi connectivity index (χ4v) is 3.42. The molecule has 0 saturated heterocycles. The molecule has 3 aromatic rings. The number of benzene rings is 1. The van der Waals surface area contributed by atoms with Crippen LogP contribution in [0.2, 0.25) is 0 Å². The molecule has 1 aromatic carbocycles. The van der Waals surface area contributed by atoms with E-state index in [0.717, 1.165) is 28.2 Å². The highest BCUT2D eigenvalue weighted by molar-refractivity contribution is 5.68. The molecule has 9 nitrogen and oxygen atoms in total. The third kappa shape index (κ3) is 3.43. The van der Waals surface area contributed by atoms with E-state index in [1.54, 1.807) is 38.1 Å². The highest BCUT2D eigenvalue weighted by Crippen LogP contribution is 2.41. The number of hydroxylamine groups is 1. The maximum Gasteiger partial charge on any atom is 0.249 e. The van der Waals surface area contributed by atoms with Crippen LogP contribution < -0.4 is 19.7 Å². The molecule has 0 spiro atoms. The van der Waals surface area contributed by atoms with E-state index >= 15 is 0 Å². The van der Waals surface area contributed by atoms with Gasteiger partial charge in [-0.1, -0.05) is 6.08 Å². The van der Waals surface area contributed by atoms with Crippen LogP contribution in [0.3, 0.4) is 0 Å². The van der Waals surface area contributed by atoms with Gasteiger partial charge in [0.2, 0.25) is 5.88 Å². The number of aromatic nitrogens is 4. The van der Waals surface area contributed by atoms with Crippen molar-refractivity contribution in [3.8, 4) is 23.1 Å². The van der Waals surface area contributed by atoms with Gasteiger partial charge in [-0.05, 0) is 31.6 Å². The number of methoxy groups -OCH3 is 2. The summed E-state index contributed by atoms with van der Waals surface area (Å²) in [5, 5.41) is 4.68. The largest absolute Gasteiger partial charge is 0.493 e. The van der Waals surface area contributed by atoms with E-state index in [1.807, 2.05) is 32.1 Å². The zero-order valence-electron chi connectivity index (χ0n) is 17.5. The summed E-state index contributed by atoms with van der Waals surface area (Å²) in [4.78, 5) is 14.2. The number of rotatable bonds is 6. The fourth-order valence-electron chi connectivity index (χ4n) is 3.42. The van der Waals surface area contributed by atoms with Crippen LogP contribution >= 0.6 is 0 Å². The second-order valence-corrected chi connectivity index (χ2v) is 6.73. The topological polar surface area (TPSA) is 92.0 Å². The van der Waals surface area contributed by atoms with Crippen molar-refractivity contribution in [2.24, 2.45) is 0 Å². The Morgan fingerprint density at radius 3 is 2.77 bits per heavy atom. The molecule has 0 saturated carbocycles. The van der Waals surface area contributed by atoms with Gasteiger partial charge in [-0.2, -0.15) is 4.98 Å². The van der Waals surface area contributed by atoms with E-state index in [-0.39, 0.29) is 0 Å². The first-order valence-electron chi connectivity index (χ1n) is 9.37.